The first-order chi connectivity index (χ1) is 39.0. The van der Waals surface area contributed by atoms with Crippen molar-refractivity contribution in [2.45, 2.75) is 234 Å². The third-order valence-corrected chi connectivity index (χ3v) is 29.5. The molecule has 460 valence electrons. The van der Waals surface area contributed by atoms with Crippen molar-refractivity contribution >= 4 is 96.0 Å². The van der Waals surface area contributed by atoms with Gasteiger partial charge in [-0.15, -0.1) is 161 Å². The van der Waals surface area contributed by atoms with Crippen molar-refractivity contribution in [3.63, 3.8) is 0 Å². The van der Waals surface area contributed by atoms with Gasteiger partial charge in [-0.1, -0.05) is 216 Å². The number of unbranched alkanes of at least 4 members (excludes halogenated alkanes) is 12. The minimum absolute atomic E-state index is 0. The van der Waals surface area contributed by atoms with Crippen LogP contribution in [0.15, 0.2) is 146 Å². The molecule has 8 heteroatoms. The summed E-state index contributed by atoms with van der Waals surface area (Å²) in [6.07, 6.45) is 33.3. The predicted octanol–water partition coefficient (Wildman–Crippen LogP) is 18.2. The zero-order valence-electron chi connectivity index (χ0n) is 54.7. The van der Waals surface area contributed by atoms with Crippen LogP contribution >= 0.6 is 31.7 Å². The third kappa shape index (κ3) is 26.9. The van der Waals surface area contributed by atoms with Crippen LogP contribution in [0.3, 0.4) is 0 Å². The Hall–Kier alpha value is -0.951. The predicted molar refractivity (Wildman–Crippen MR) is 379 cm³/mol. The van der Waals surface area contributed by atoms with Crippen LogP contribution in [0.4, 0.5) is 0 Å². The quantitative estimate of drug-likeness (QED) is 0.0171. The third-order valence-electron chi connectivity index (χ3n) is 17.1. The molecule has 0 aliphatic heterocycles. The van der Waals surface area contributed by atoms with Gasteiger partial charge in [-0.05, 0) is 98.7 Å². The maximum absolute atomic E-state index is 2.47. The van der Waals surface area contributed by atoms with Gasteiger partial charge in [0, 0.05) is 0 Å². The molecule has 8 aromatic rings. The molecule has 0 aliphatic rings. The number of halogens is 2. The summed E-state index contributed by atoms with van der Waals surface area (Å²) in [6.45, 7) is 28.2. The van der Waals surface area contributed by atoms with E-state index in [1.807, 2.05) is 0 Å². The molecule has 0 radical (unpaired) electrons. The summed E-state index contributed by atoms with van der Waals surface area (Å²) in [7, 11) is 0.0780. The normalized spacial score (nSPS) is 13.2. The minimum Gasteiger partial charge on any atom is -1.00 e. The van der Waals surface area contributed by atoms with Crippen LogP contribution in [0.25, 0.3) is 43.1 Å². The fourth-order valence-corrected chi connectivity index (χ4v) is 23.2. The van der Waals surface area contributed by atoms with Gasteiger partial charge in [0.1, 0.15) is 0 Å². The van der Waals surface area contributed by atoms with E-state index in [2.05, 4.69) is 229 Å². The summed E-state index contributed by atoms with van der Waals surface area (Å²) in [5, 5.41) is 17.9. The molecule has 0 saturated carbocycles. The molecule has 0 heterocycles. The summed E-state index contributed by atoms with van der Waals surface area (Å²) in [5.41, 5.74) is 3.30. The first-order valence-corrected chi connectivity index (χ1v) is 39.1. The molecule has 0 nitrogen and oxygen atoms in total. The molecular formula is C76H112Cl2P4Ti2-2. The number of fused-ring (bicyclic) bond motifs is 4. The zero-order chi connectivity index (χ0) is 57.5. The monoisotopic (exact) mass is 1310 g/mol. The molecule has 0 aromatic heterocycles. The molecule has 0 spiro atoms. The van der Waals surface area contributed by atoms with Crippen LogP contribution in [0.5, 0.6) is 0 Å². The van der Waals surface area contributed by atoms with Gasteiger partial charge in [-0.3, -0.25) is 0 Å². The Morgan fingerprint density at radius 2 is 0.512 bits per heavy atom. The largest absolute Gasteiger partial charge is 2.00 e. The molecule has 4 unspecified atom stereocenters. The number of hydrogen-bond donors (Lipinski definition) is 0. The SMILES string of the molecule is CCC(C)P(c1cc2ccccc2[cH-]1)C(C)CC.CCC(C)P(c1cc2ccccc2[cH-]1)C(C)CC.CCCCCCP(CCCCCC)c1cc2ccccc2[cH-]1.CCCCCCP(CCCCCC)c1cc2ccccc2[cH-]1.[Cl-].[Cl-].[Ti+2].[Ti+2]. The van der Waals surface area contributed by atoms with Crippen molar-refractivity contribution in [2.75, 3.05) is 24.6 Å². The summed E-state index contributed by atoms with van der Waals surface area (Å²) < 4.78 is 0. The van der Waals surface area contributed by atoms with Crippen LogP contribution in [0.2, 0.25) is 0 Å². The van der Waals surface area contributed by atoms with E-state index in [1.54, 1.807) is 21.2 Å². The molecule has 0 saturated heterocycles. The van der Waals surface area contributed by atoms with Crippen molar-refractivity contribution in [2.24, 2.45) is 0 Å². The first kappa shape index (κ1) is 81.1. The summed E-state index contributed by atoms with van der Waals surface area (Å²) in [6, 6.07) is 54.8. The van der Waals surface area contributed by atoms with Gasteiger partial charge in [0.25, 0.3) is 0 Å². The Balaban J connectivity index is 0.000000553. The summed E-state index contributed by atoms with van der Waals surface area (Å²) in [5.74, 6) is 0. The van der Waals surface area contributed by atoms with E-state index in [9.17, 15) is 0 Å². The molecule has 0 fully saturated rings. The van der Waals surface area contributed by atoms with Crippen molar-refractivity contribution in [3.05, 3.63) is 146 Å². The summed E-state index contributed by atoms with van der Waals surface area (Å²) >= 11 is 0. The number of hydrogen-bond acceptors (Lipinski definition) is 0. The Morgan fingerprint density at radius 1 is 0.298 bits per heavy atom. The molecule has 4 atom stereocenters. The van der Waals surface area contributed by atoms with E-state index in [-0.39, 0.29) is 99.9 Å². The molecule has 8 rings (SSSR count). The standard InChI is InChI=1S/2C21H32P.2C17H24P.2ClH.2Ti/c2*1-3-5-7-11-15-22(16-12-8-6-4-2)21-17-19-13-9-10-14-20(19)18-21;2*1-5-13(3)18(14(4)6-2)17-11-15-9-7-8-10-16(15)12-17;;;;/h2*9-10,13-14,17-18H,3-8,11-12,15-16H2,1-2H3;2*7-14H,5-6H2,1-4H3;2*1H;;/q4*-1;;;2*+2/p-2. The Morgan fingerprint density at radius 3 is 0.726 bits per heavy atom. The van der Waals surface area contributed by atoms with E-state index >= 15 is 0 Å². The zero-order valence-corrected chi connectivity index (χ0v) is 62.9. The van der Waals surface area contributed by atoms with Gasteiger partial charge in [0.15, 0.2) is 0 Å². The number of benzene rings is 4. The van der Waals surface area contributed by atoms with Gasteiger partial charge in [0.05, 0.1) is 0 Å². The molecule has 84 heavy (non-hydrogen) atoms. The molecule has 0 N–H and O–H groups in total. The average Bonchev–Trinajstić information content (AvgIpc) is 4.41. The van der Waals surface area contributed by atoms with Crippen molar-refractivity contribution in [1.82, 2.24) is 0 Å². The molecule has 0 amide bonds. The minimum atomic E-state index is -0.0252. The Labute approximate surface area is 563 Å². The van der Waals surface area contributed by atoms with Crippen LogP contribution in [-0.4, -0.2) is 47.3 Å². The van der Waals surface area contributed by atoms with E-state index in [1.165, 1.54) is 196 Å². The van der Waals surface area contributed by atoms with E-state index < -0.39 is 0 Å². The topological polar surface area (TPSA) is 0 Å². The number of rotatable bonds is 32. The molecule has 0 bridgehead atoms. The molecule has 0 aliphatic carbocycles. The van der Waals surface area contributed by atoms with E-state index in [0.717, 1.165) is 22.6 Å². The van der Waals surface area contributed by atoms with Crippen LogP contribution < -0.4 is 46.0 Å². The fourth-order valence-electron chi connectivity index (χ4n) is 11.5. The summed E-state index contributed by atoms with van der Waals surface area (Å²) in [4.78, 5) is 0. The second-order valence-electron chi connectivity index (χ2n) is 23.4. The maximum Gasteiger partial charge on any atom is 2.00 e. The van der Waals surface area contributed by atoms with Crippen molar-refractivity contribution in [3.8, 4) is 0 Å². The first-order valence-electron chi connectivity index (χ1n) is 32.7. The maximum atomic E-state index is 2.47. The van der Waals surface area contributed by atoms with Gasteiger partial charge >= 0.3 is 43.4 Å². The van der Waals surface area contributed by atoms with E-state index in [4.69, 9.17) is 0 Å². The molecular weight excluding hydrogens is 1200 g/mol. The van der Waals surface area contributed by atoms with Gasteiger partial charge < -0.3 is 24.8 Å². The van der Waals surface area contributed by atoms with Gasteiger partial charge in [0.2, 0.25) is 0 Å². The Kier molecular flexibility index (Phi) is 45.4. The fraction of sp³-hybridized carbons (Fsp3) is 0.526. The Bertz CT molecular complexity index is 2470. The van der Waals surface area contributed by atoms with Crippen molar-refractivity contribution in [1.29, 1.82) is 0 Å². The van der Waals surface area contributed by atoms with Crippen LogP contribution in [0.1, 0.15) is 212 Å². The van der Waals surface area contributed by atoms with Gasteiger partial charge in [-0.2, -0.15) is 24.3 Å². The second-order valence-corrected chi connectivity index (χ2v) is 34.6. The van der Waals surface area contributed by atoms with E-state index in [0.29, 0.717) is 0 Å². The smallest absolute Gasteiger partial charge is 1.00 e. The van der Waals surface area contributed by atoms with Crippen molar-refractivity contribution < 1.29 is 68.2 Å². The van der Waals surface area contributed by atoms with Crippen LogP contribution in [0, 0.1) is 0 Å². The van der Waals surface area contributed by atoms with Crippen LogP contribution in [-0.2, 0) is 43.4 Å². The second kappa shape index (κ2) is 47.0. The molecule has 8 aromatic carbocycles. The van der Waals surface area contributed by atoms with Gasteiger partial charge in [-0.25, -0.2) is 0 Å². The average molecular weight is 1320 g/mol.